The van der Waals surface area contributed by atoms with Crippen LogP contribution in [0.15, 0.2) is 0 Å². The molecule has 0 radical (unpaired) electrons. The van der Waals surface area contributed by atoms with E-state index in [1.807, 2.05) is 6.92 Å². The van der Waals surface area contributed by atoms with Crippen LogP contribution in [0.2, 0.25) is 0 Å². The van der Waals surface area contributed by atoms with E-state index in [0.717, 1.165) is 54.6 Å². The van der Waals surface area contributed by atoms with Crippen LogP contribution in [0.25, 0.3) is 0 Å². The molecule has 32 heavy (non-hydrogen) atoms. The predicted octanol–water partition coefficient (Wildman–Crippen LogP) is 2.36. The molecule has 1 aliphatic heterocycles. The Labute approximate surface area is 188 Å². The Bertz CT molecular complexity index is 1000. The van der Waals surface area contributed by atoms with E-state index >= 15 is 0 Å². The number of aromatic nitrogens is 4. The van der Waals surface area contributed by atoms with Crippen molar-refractivity contribution in [3.63, 3.8) is 0 Å². The van der Waals surface area contributed by atoms with Gasteiger partial charge >= 0.3 is 0 Å². The van der Waals surface area contributed by atoms with Gasteiger partial charge in [0.1, 0.15) is 11.6 Å². The van der Waals surface area contributed by atoms with Gasteiger partial charge in [0.15, 0.2) is 5.69 Å². The minimum absolute atomic E-state index is 0.0706. The number of hydrogen-bond donors (Lipinski definition) is 1. The molecule has 9 nitrogen and oxygen atoms in total. The molecule has 0 bridgehead atoms. The lowest BCUT2D eigenvalue weighted by Crippen LogP contribution is -2.38. The van der Waals surface area contributed by atoms with Crippen molar-refractivity contribution in [2.75, 3.05) is 32.2 Å². The largest absolute Gasteiger partial charge is 0.385 e. The molecule has 3 heterocycles. The molecule has 0 spiro atoms. The molecular formula is C23H32N6O3. The lowest BCUT2D eigenvalue weighted by atomic mass is 10.0. The Kier molecular flexibility index (Phi) is 6.83. The number of aromatic amines is 1. The van der Waals surface area contributed by atoms with Gasteiger partial charge in [-0.3, -0.25) is 19.6 Å². The summed E-state index contributed by atoms with van der Waals surface area (Å²) in [5.74, 6) is 1.15. The van der Waals surface area contributed by atoms with Gasteiger partial charge < -0.3 is 9.64 Å². The second-order valence-electron chi connectivity index (χ2n) is 8.67. The summed E-state index contributed by atoms with van der Waals surface area (Å²) in [6.07, 6.45) is 7.06. The van der Waals surface area contributed by atoms with Gasteiger partial charge in [-0.1, -0.05) is 6.42 Å². The van der Waals surface area contributed by atoms with Crippen LogP contribution in [-0.2, 0) is 35.3 Å². The molecule has 0 atom stereocenters. The summed E-state index contributed by atoms with van der Waals surface area (Å²) in [5, 5.41) is 7.40. The fourth-order valence-electron chi connectivity index (χ4n) is 4.61. The number of rotatable bonds is 7. The van der Waals surface area contributed by atoms with E-state index < -0.39 is 0 Å². The summed E-state index contributed by atoms with van der Waals surface area (Å²) in [5.41, 5.74) is 4.53. The zero-order chi connectivity index (χ0) is 22.7. The highest BCUT2D eigenvalue weighted by atomic mass is 16.5. The Morgan fingerprint density at radius 1 is 1.12 bits per heavy atom. The van der Waals surface area contributed by atoms with Crippen molar-refractivity contribution < 1.29 is 14.3 Å². The van der Waals surface area contributed by atoms with Gasteiger partial charge in [-0.25, -0.2) is 9.97 Å². The van der Waals surface area contributed by atoms with Gasteiger partial charge in [-0.15, -0.1) is 0 Å². The van der Waals surface area contributed by atoms with E-state index in [-0.39, 0.29) is 18.4 Å². The molecular weight excluding hydrogens is 408 g/mol. The summed E-state index contributed by atoms with van der Waals surface area (Å²) < 4.78 is 5.14. The normalized spacial score (nSPS) is 15.8. The number of ether oxygens (including phenoxy) is 1. The molecule has 2 aromatic heterocycles. The molecule has 0 saturated carbocycles. The topological polar surface area (TPSA) is 104 Å². The summed E-state index contributed by atoms with van der Waals surface area (Å²) >= 11 is 0. The number of methoxy groups -OCH3 is 1. The molecule has 9 heteroatoms. The molecule has 0 saturated heterocycles. The van der Waals surface area contributed by atoms with Crippen molar-refractivity contribution in [3.05, 3.63) is 34.0 Å². The lowest BCUT2D eigenvalue weighted by Gasteiger charge is -2.29. The molecule has 1 aliphatic carbocycles. The maximum absolute atomic E-state index is 13.2. The standard InChI is InChI=1S/C23H32N6O3/c1-15-16-10-11-20(30)29(12-7-13-32-3)22(16)25-19(24-15)14-28(2)23(31)21-17-8-5-4-6-9-18(17)26-27-21/h4-14H2,1-3H3,(H,26,27). The van der Waals surface area contributed by atoms with Crippen molar-refractivity contribution in [2.24, 2.45) is 0 Å². The molecule has 4 rings (SSSR count). The molecule has 1 N–H and O–H groups in total. The number of hydrogen-bond acceptors (Lipinski definition) is 6. The Morgan fingerprint density at radius 3 is 2.75 bits per heavy atom. The highest BCUT2D eigenvalue weighted by Crippen LogP contribution is 2.28. The third-order valence-corrected chi connectivity index (χ3v) is 6.35. The maximum atomic E-state index is 13.2. The summed E-state index contributed by atoms with van der Waals surface area (Å²) in [6, 6.07) is 0. The van der Waals surface area contributed by atoms with Gasteiger partial charge in [-0.05, 0) is 45.4 Å². The smallest absolute Gasteiger partial charge is 0.274 e. The first-order valence-electron chi connectivity index (χ1n) is 11.5. The van der Waals surface area contributed by atoms with Gasteiger partial charge in [0.2, 0.25) is 5.91 Å². The van der Waals surface area contributed by atoms with E-state index in [1.165, 1.54) is 6.42 Å². The molecule has 2 amide bonds. The highest BCUT2D eigenvalue weighted by molar-refractivity contribution is 5.95. The first-order chi connectivity index (χ1) is 15.5. The zero-order valence-corrected chi connectivity index (χ0v) is 19.2. The van der Waals surface area contributed by atoms with E-state index in [9.17, 15) is 9.59 Å². The number of fused-ring (bicyclic) bond motifs is 2. The SMILES string of the molecule is COCCCN1C(=O)CCc2c(C)nc(CN(C)C(=O)c3n[nH]c4c3CCCCC4)nc21. The van der Waals surface area contributed by atoms with Crippen LogP contribution in [0.4, 0.5) is 5.82 Å². The Hall–Kier alpha value is -2.81. The Balaban J connectivity index is 1.54. The number of anilines is 1. The van der Waals surface area contributed by atoms with Crippen molar-refractivity contribution in [2.45, 2.75) is 64.8 Å². The number of H-pyrrole nitrogens is 1. The van der Waals surface area contributed by atoms with Gasteiger partial charge in [-0.2, -0.15) is 5.10 Å². The molecule has 0 aromatic carbocycles. The molecule has 2 aliphatic rings. The average Bonchev–Trinajstić information content (AvgIpc) is 3.02. The van der Waals surface area contributed by atoms with Crippen LogP contribution in [0.5, 0.6) is 0 Å². The summed E-state index contributed by atoms with van der Waals surface area (Å²) in [4.78, 5) is 38.5. The first-order valence-corrected chi connectivity index (χ1v) is 11.5. The first kappa shape index (κ1) is 22.4. The number of aryl methyl sites for hydroxylation is 2. The van der Waals surface area contributed by atoms with Crippen LogP contribution in [-0.4, -0.2) is 64.2 Å². The van der Waals surface area contributed by atoms with Crippen LogP contribution in [0.1, 0.15) is 70.9 Å². The van der Waals surface area contributed by atoms with Crippen LogP contribution < -0.4 is 4.90 Å². The van der Waals surface area contributed by atoms with Crippen molar-refractivity contribution >= 4 is 17.6 Å². The molecule has 2 aromatic rings. The molecule has 0 fully saturated rings. The van der Waals surface area contributed by atoms with Crippen LogP contribution in [0.3, 0.4) is 0 Å². The second-order valence-corrected chi connectivity index (χ2v) is 8.67. The number of nitrogens with one attached hydrogen (secondary N) is 1. The fraction of sp³-hybridized carbons (Fsp3) is 0.609. The second kappa shape index (κ2) is 9.77. The van der Waals surface area contributed by atoms with Crippen molar-refractivity contribution in [1.82, 2.24) is 25.1 Å². The summed E-state index contributed by atoms with van der Waals surface area (Å²) in [7, 11) is 3.40. The molecule has 172 valence electrons. The number of amides is 2. The maximum Gasteiger partial charge on any atom is 0.274 e. The fourth-order valence-corrected chi connectivity index (χ4v) is 4.61. The third kappa shape index (κ3) is 4.53. The lowest BCUT2D eigenvalue weighted by molar-refractivity contribution is -0.119. The van der Waals surface area contributed by atoms with E-state index in [1.54, 1.807) is 24.0 Å². The quantitative estimate of drug-likeness (QED) is 0.524. The summed E-state index contributed by atoms with van der Waals surface area (Å²) in [6.45, 7) is 3.35. The average molecular weight is 441 g/mol. The van der Waals surface area contributed by atoms with Crippen LogP contribution >= 0.6 is 0 Å². The van der Waals surface area contributed by atoms with E-state index in [2.05, 4.69) is 15.2 Å². The van der Waals surface area contributed by atoms with Crippen LogP contribution in [0, 0.1) is 6.92 Å². The Morgan fingerprint density at radius 2 is 1.94 bits per heavy atom. The van der Waals surface area contributed by atoms with Crippen molar-refractivity contribution in [3.8, 4) is 0 Å². The van der Waals surface area contributed by atoms with E-state index in [4.69, 9.17) is 9.72 Å². The third-order valence-electron chi connectivity index (χ3n) is 6.35. The number of carbonyl (C=O) groups excluding carboxylic acids is 2. The minimum atomic E-state index is -0.128. The van der Waals surface area contributed by atoms with Gasteiger partial charge in [0.05, 0.1) is 6.54 Å². The van der Waals surface area contributed by atoms with Gasteiger partial charge in [0.25, 0.3) is 5.91 Å². The van der Waals surface area contributed by atoms with Gasteiger partial charge in [0, 0.05) is 56.2 Å². The monoisotopic (exact) mass is 440 g/mol. The number of carbonyl (C=O) groups is 2. The minimum Gasteiger partial charge on any atom is -0.385 e. The highest BCUT2D eigenvalue weighted by Gasteiger charge is 2.29. The molecule has 0 unspecified atom stereocenters. The number of nitrogens with zero attached hydrogens (tertiary/aromatic N) is 5. The van der Waals surface area contributed by atoms with E-state index in [0.29, 0.717) is 43.3 Å². The van der Waals surface area contributed by atoms with Crippen molar-refractivity contribution in [1.29, 1.82) is 0 Å². The predicted molar refractivity (Wildman–Crippen MR) is 120 cm³/mol. The zero-order valence-electron chi connectivity index (χ0n) is 19.2.